The second kappa shape index (κ2) is 9.91. The number of carbonyl (C=O) groups excluding carboxylic acids is 1. The highest BCUT2D eigenvalue weighted by atomic mass is 35.5. The van der Waals surface area contributed by atoms with Gasteiger partial charge in [0, 0.05) is 31.2 Å². The van der Waals surface area contributed by atoms with E-state index >= 15 is 0 Å². The fourth-order valence-corrected chi connectivity index (χ4v) is 5.06. The standard InChI is InChI=1S/C26H25ClN4O2S/c1-2-33-24-10-4-3-9-22(24)29-12-14-30(15-13-29)26(32)23-18-21(25-11-6-16-34-25)28-31(23)20-8-5-7-19(27)17-20/h3-11,16-18H,2,12-15H2,1H3. The summed E-state index contributed by atoms with van der Waals surface area (Å²) in [5.74, 6) is 0.845. The number of aromatic nitrogens is 2. The maximum absolute atomic E-state index is 13.7. The number of thiophene rings is 1. The van der Waals surface area contributed by atoms with Crippen LogP contribution in [0.4, 0.5) is 5.69 Å². The van der Waals surface area contributed by atoms with Crippen LogP contribution in [-0.2, 0) is 0 Å². The van der Waals surface area contributed by atoms with Crippen molar-refractivity contribution in [2.24, 2.45) is 0 Å². The summed E-state index contributed by atoms with van der Waals surface area (Å²) in [6.07, 6.45) is 0. The van der Waals surface area contributed by atoms with Gasteiger partial charge in [-0.05, 0) is 54.8 Å². The first-order valence-electron chi connectivity index (χ1n) is 11.3. The van der Waals surface area contributed by atoms with Gasteiger partial charge in [0.2, 0.25) is 0 Å². The fourth-order valence-electron chi connectivity index (χ4n) is 4.19. The molecule has 8 heteroatoms. The third-order valence-corrected chi connectivity index (χ3v) is 6.96. The Bertz CT molecular complexity index is 1280. The maximum Gasteiger partial charge on any atom is 0.272 e. The maximum atomic E-state index is 13.7. The van der Waals surface area contributed by atoms with E-state index in [4.69, 9.17) is 21.4 Å². The molecule has 4 aromatic rings. The number of halogens is 1. The molecule has 0 spiro atoms. The number of rotatable bonds is 6. The van der Waals surface area contributed by atoms with Crippen molar-refractivity contribution in [2.75, 3.05) is 37.7 Å². The highest BCUT2D eigenvalue weighted by molar-refractivity contribution is 7.13. The molecule has 2 aromatic carbocycles. The van der Waals surface area contributed by atoms with E-state index in [-0.39, 0.29) is 5.91 Å². The van der Waals surface area contributed by atoms with Crippen LogP contribution in [0.15, 0.2) is 72.1 Å². The Kier molecular flexibility index (Phi) is 6.56. The van der Waals surface area contributed by atoms with Gasteiger partial charge in [-0.1, -0.05) is 35.9 Å². The van der Waals surface area contributed by atoms with Gasteiger partial charge in [0.25, 0.3) is 5.91 Å². The van der Waals surface area contributed by atoms with Crippen LogP contribution in [0.2, 0.25) is 5.02 Å². The van der Waals surface area contributed by atoms with Gasteiger partial charge >= 0.3 is 0 Å². The minimum atomic E-state index is -0.0342. The van der Waals surface area contributed by atoms with Crippen molar-refractivity contribution in [3.8, 4) is 22.0 Å². The van der Waals surface area contributed by atoms with Crippen LogP contribution < -0.4 is 9.64 Å². The molecule has 34 heavy (non-hydrogen) atoms. The number of anilines is 1. The summed E-state index contributed by atoms with van der Waals surface area (Å²) < 4.78 is 7.51. The summed E-state index contributed by atoms with van der Waals surface area (Å²) >= 11 is 7.84. The van der Waals surface area contributed by atoms with Crippen molar-refractivity contribution in [1.29, 1.82) is 0 Å². The van der Waals surface area contributed by atoms with Crippen LogP contribution in [0.1, 0.15) is 17.4 Å². The molecule has 0 N–H and O–H groups in total. The number of benzene rings is 2. The lowest BCUT2D eigenvalue weighted by Gasteiger charge is -2.36. The summed E-state index contributed by atoms with van der Waals surface area (Å²) in [5.41, 5.74) is 3.15. The van der Waals surface area contributed by atoms with Gasteiger partial charge in [-0.25, -0.2) is 4.68 Å². The van der Waals surface area contributed by atoms with Gasteiger partial charge in [-0.3, -0.25) is 4.79 Å². The lowest BCUT2D eigenvalue weighted by atomic mass is 10.2. The molecule has 3 heterocycles. The number of amides is 1. The van der Waals surface area contributed by atoms with E-state index in [0.717, 1.165) is 40.8 Å². The van der Waals surface area contributed by atoms with Crippen LogP contribution in [-0.4, -0.2) is 53.4 Å². The number of hydrogen-bond donors (Lipinski definition) is 0. The zero-order valence-electron chi connectivity index (χ0n) is 18.9. The van der Waals surface area contributed by atoms with E-state index in [1.54, 1.807) is 16.0 Å². The number of nitrogens with zero attached hydrogens (tertiary/aromatic N) is 4. The SMILES string of the molecule is CCOc1ccccc1N1CCN(C(=O)c2cc(-c3cccs3)nn2-c2cccc(Cl)c2)CC1. The summed E-state index contributed by atoms with van der Waals surface area (Å²) in [4.78, 5) is 18.9. The molecule has 1 saturated heterocycles. The van der Waals surface area contributed by atoms with Crippen molar-refractivity contribution < 1.29 is 9.53 Å². The number of para-hydroxylation sites is 2. The van der Waals surface area contributed by atoms with Gasteiger partial charge in [-0.2, -0.15) is 5.10 Å². The molecule has 0 bridgehead atoms. The third kappa shape index (κ3) is 4.54. The molecule has 0 unspecified atom stereocenters. The summed E-state index contributed by atoms with van der Waals surface area (Å²) in [7, 11) is 0. The van der Waals surface area contributed by atoms with E-state index in [1.807, 2.05) is 77.9 Å². The first-order valence-corrected chi connectivity index (χ1v) is 12.6. The summed E-state index contributed by atoms with van der Waals surface area (Å²) in [5, 5.41) is 7.38. The first-order chi connectivity index (χ1) is 16.6. The molecule has 1 amide bonds. The molecule has 0 saturated carbocycles. The second-order valence-corrected chi connectivity index (χ2v) is 9.35. The van der Waals surface area contributed by atoms with E-state index in [2.05, 4.69) is 11.0 Å². The normalized spacial score (nSPS) is 13.8. The van der Waals surface area contributed by atoms with Crippen molar-refractivity contribution in [1.82, 2.24) is 14.7 Å². The van der Waals surface area contributed by atoms with Crippen molar-refractivity contribution in [3.05, 3.63) is 82.8 Å². The fraction of sp³-hybridized carbons (Fsp3) is 0.231. The van der Waals surface area contributed by atoms with Crippen LogP contribution in [0.25, 0.3) is 16.3 Å². The smallest absolute Gasteiger partial charge is 0.272 e. The quantitative estimate of drug-likeness (QED) is 0.351. The molecular weight excluding hydrogens is 468 g/mol. The lowest BCUT2D eigenvalue weighted by Crippen LogP contribution is -2.49. The molecule has 0 atom stereocenters. The Morgan fingerprint density at radius 1 is 1.03 bits per heavy atom. The molecule has 5 rings (SSSR count). The topological polar surface area (TPSA) is 50.6 Å². The molecule has 0 aliphatic carbocycles. The van der Waals surface area contributed by atoms with Crippen molar-refractivity contribution >= 4 is 34.5 Å². The lowest BCUT2D eigenvalue weighted by molar-refractivity contribution is 0.0737. The monoisotopic (exact) mass is 492 g/mol. The Morgan fingerprint density at radius 2 is 1.85 bits per heavy atom. The van der Waals surface area contributed by atoms with Crippen LogP contribution in [0.3, 0.4) is 0 Å². The van der Waals surface area contributed by atoms with E-state index in [1.165, 1.54) is 0 Å². The predicted octanol–water partition coefficient (Wildman–Crippen LogP) is 5.62. The molecule has 1 aliphatic rings. The molecule has 6 nitrogen and oxygen atoms in total. The Hall–Kier alpha value is -3.29. The minimum absolute atomic E-state index is 0.0342. The largest absolute Gasteiger partial charge is 0.492 e. The number of ether oxygens (including phenoxy) is 1. The molecule has 0 radical (unpaired) electrons. The molecular formula is C26H25ClN4O2S. The van der Waals surface area contributed by atoms with Gasteiger partial charge in [0.1, 0.15) is 17.1 Å². The molecule has 1 aliphatic heterocycles. The summed E-state index contributed by atoms with van der Waals surface area (Å²) in [6.45, 7) is 5.32. The van der Waals surface area contributed by atoms with E-state index in [9.17, 15) is 4.79 Å². The minimum Gasteiger partial charge on any atom is -0.492 e. The highest BCUT2D eigenvalue weighted by Crippen LogP contribution is 2.30. The van der Waals surface area contributed by atoms with Crippen molar-refractivity contribution in [3.63, 3.8) is 0 Å². The average Bonchev–Trinajstić information content (AvgIpc) is 3.55. The third-order valence-electron chi connectivity index (χ3n) is 5.83. The summed E-state index contributed by atoms with van der Waals surface area (Å²) in [6, 6.07) is 21.4. The van der Waals surface area contributed by atoms with Gasteiger partial charge < -0.3 is 14.5 Å². The Balaban J connectivity index is 1.40. The molecule has 174 valence electrons. The zero-order chi connectivity index (χ0) is 23.5. The van der Waals surface area contributed by atoms with Gasteiger partial charge in [0.15, 0.2) is 0 Å². The Morgan fingerprint density at radius 3 is 2.59 bits per heavy atom. The number of hydrogen-bond acceptors (Lipinski definition) is 5. The molecule has 2 aromatic heterocycles. The molecule has 1 fully saturated rings. The average molecular weight is 493 g/mol. The van der Waals surface area contributed by atoms with Crippen LogP contribution in [0, 0.1) is 0 Å². The highest BCUT2D eigenvalue weighted by Gasteiger charge is 2.27. The van der Waals surface area contributed by atoms with Gasteiger partial charge in [0.05, 0.1) is 22.9 Å². The van der Waals surface area contributed by atoms with Crippen molar-refractivity contribution in [2.45, 2.75) is 6.92 Å². The first kappa shape index (κ1) is 22.5. The van der Waals surface area contributed by atoms with E-state index < -0.39 is 0 Å². The van der Waals surface area contributed by atoms with Crippen LogP contribution in [0.5, 0.6) is 5.75 Å². The van der Waals surface area contributed by atoms with E-state index in [0.29, 0.717) is 30.4 Å². The number of carbonyl (C=O) groups is 1. The second-order valence-electron chi connectivity index (χ2n) is 7.96. The Labute approximate surface area is 207 Å². The van der Waals surface area contributed by atoms with Crippen LogP contribution >= 0.6 is 22.9 Å². The zero-order valence-corrected chi connectivity index (χ0v) is 20.4. The van der Waals surface area contributed by atoms with Gasteiger partial charge in [-0.15, -0.1) is 11.3 Å². The number of piperazine rings is 1. The predicted molar refractivity (Wildman–Crippen MR) is 138 cm³/mol.